The lowest BCUT2D eigenvalue weighted by atomic mass is 10.0. The van der Waals surface area contributed by atoms with Gasteiger partial charge in [-0.25, -0.2) is 4.98 Å². The van der Waals surface area contributed by atoms with Crippen molar-refractivity contribution in [3.63, 3.8) is 0 Å². The van der Waals surface area contributed by atoms with Crippen molar-refractivity contribution in [3.05, 3.63) is 82.4 Å². The van der Waals surface area contributed by atoms with Gasteiger partial charge in [-0.05, 0) is 55.0 Å². The normalized spacial score (nSPS) is 13.3. The number of fused-ring (bicyclic) bond motifs is 1. The van der Waals surface area contributed by atoms with Crippen molar-refractivity contribution in [1.29, 1.82) is 0 Å². The minimum Gasteiger partial charge on any atom is -0.489 e. The Bertz CT molecular complexity index is 956. The molecule has 4 rings (SSSR count). The maximum Gasteiger partial charge on any atom is 0.250 e. The molecule has 0 fully saturated rings. The molecule has 1 amide bonds. The Labute approximate surface area is 168 Å². The van der Waals surface area contributed by atoms with Gasteiger partial charge in [0.2, 0.25) is 5.91 Å². The summed E-state index contributed by atoms with van der Waals surface area (Å²) in [6, 6.07) is 17.8. The predicted molar refractivity (Wildman–Crippen MR) is 114 cm³/mol. The lowest BCUT2D eigenvalue weighted by molar-refractivity contribution is -0.111. The first kappa shape index (κ1) is 18.4. The van der Waals surface area contributed by atoms with Crippen LogP contribution >= 0.6 is 11.3 Å². The molecule has 0 spiro atoms. The summed E-state index contributed by atoms with van der Waals surface area (Å²) < 4.78 is 5.84. The molecule has 0 radical (unpaired) electrons. The van der Waals surface area contributed by atoms with Gasteiger partial charge in [-0.15, -0.1) is 11.3 Å². The number of amides is 1. The number of hydrogen-bond acceptors (Lipinski definition) is 4. The number of nitrogens with zero attached hydrogens (tertiary/aromatic N) is 1. The Kier molecular flexibility index (Phi) is 5.83. The molecule has 142 valence electrons. The molecule has 5 heteroatoms. The van der Waals surface area contributed by atoms with E-state index >= 15 is 0 Å². The van der Waals surface area contributed by atoms with Crippen molar-refractivity contribution >= 4 is 28.5 Å². The summed E-state index contributed by atoms with van der Waals surface area (Å²) in [5.74, 6) is 0.612. The van der Waals surface area contributed by atoms with Crippen molar-refractivity contribution in [2.24, 2.45) is 0 Å². The van der Waals surface area contributed by atoms with Crippen LogP contribution in [0.5, 0.6) is 5.75 Å². The number of nitrogens with one attached hydrogen (secondary N) is 1. The molecule has 28 heavy (non-hydrogen) atoms. The SMILES string of the molecule is O=C(/C=C/c1cccc(OCc2ccccc2)c1)Nc1nc2c(s1)CCCC2. The number of benzene rings is 2. The Hall–Kier alpha value is -2.92. The maximum atomic E-state index is 12.2. The van der Waals surface area contributed by atoms with Gasteiger partial charge in [0.1, 0.15) is 12.4 Å². The molecule has 0 aliphatic heterocycles. The average molecular weight is 391 g/mol. The van der Waals surface area contributed by atoms with Crippen LogP contribution in [0, 0.1) is 0 Å². The summed E-state index contributed by atoms with van der Waals surface area (Å²) in [4.78, 5) is 18.1. The number of thiazole rings is 1. The monoisotopic (exact) mass is 390 g/mol. The van der Waals surface area contributed by atoms with Crippen LogP contribution in [0.3, 0.4) is 0 Å². The fraction of sp³-hybridized carbons (Fsp3) is 0.217. The van der Waals surface area contributed by atoms with E-state index in [2.05, 4.69) is 10.3 Å². The third kappa shape index (κ3) is 4.87. The summed E-state index contributed by atoms with van der Waals surface area (Å²) in [6.07, 6.45) is 7.83. The molecule has 1 aromatic heterocycles. The van der Waals surface area contributed by atoms with Crippen molar-refractivity contribution in [2.75, 3.05) is 5.32 Å². The van der Waals surface area contributed by atoms with E-state index in [4.69, 9.17) is 4.74 Å². The second kappa shape index (κ2) is 8.85. The van der Waals surface area contributed by atoms with Gasteiger partial charge in [-0.3, -0.25) is 10.1 Å². The number of aromatic nitrogens is 1. The zero-order chi connectivity index (χ0) is 19.2. The Morgan fingerprint density at radius 1 is 1.11 bits per heavy atom. The number of carbonyl (C=O) groups excluding carboxylic acids is 1. The first-order valence-corrected chi connectivity index (χ1v) is 10.3. The molecule has 1 heterocycles. The summed E-state index contributed by atoms with van der Waals surface area (Å²) >= 11 is 1.60. The highest BCUT2D eigenvalue weighted by Gasteiger charge is 2.15. The second-order valence-electron chi connectivity index (χ2n) is 6.77. The molecule has 0 atom stereocenters. The molecule has 3 aromatic rings. The Balaban J connectivity index is 1.34. The molecule has 2 aromatic carbocycles. The van der Waals surface area contributed by atoms with Crippen LogP contribution in [-0.2, 0) is 24.2 Å². The molecular weight excluding hydrogens is 368 g/mol. The average Bonchev–Trinajstić information content (AvgIpc) is 3.14. The van der Waals surface area contributed by atoms with Gasteiger partial charge in [0.05, 0.1) is 5.69 Å². The molecule has 1 aliphatic carbocycles. The van der Waals surface area contributed by atoms with Crippen molar-refractivity contribution in [3.8, 4) is 5.75 Å². The number of hydrogen-bond donors (Lipinski definition) is 1. The molecule has 0 saturated carbocycles. The van der Waals surface area contributed by atoms with Gasteiger partial charge in [-0.2, -0.15) is 0 Å². The fourth-order valence-electron chi connectivity index (χ4n) is 3.17. The van der Waals surface area contributed by atoms with Gasteiger partial charge < -0.3 is 4.74 Å². The molecule has 1 N–H and O–H groups in total. The minimum absolute atomic E-state index is 0.165. The molecule has 0 unspecified atom stereocenters. The lowest BCUT2D eigenvalue weighted by Gasteiger charge is -2.06. The zero-order valence-electron chi connectivity index (χ0n) is 15.6. The van der Waals surface area contributed by atoms with E-state index in [0.29, 0.717) is 11.7 Å². The van der Waals surface area contributed by atoms with E-state index in [1.807, 2.05) is 54.6 Å². The van der Waals surface area contributed by atoms with E-state index in [9.17, 15) is 4.79 Å². The first-order chi connectivity index (χ1) is 13.8. The van der Waals surface area contributed by atoms with Crippen LogP contribution in [0.2, 0.25) is 0 Å². The largest absolute Gasteiger partial charge is 0.489 e. The van der Waals surface area contributed by atoms with Gasteiger partial charge >= 0.3 is 0 Å². The van der Waals surface area contributed by atoms with Crippen molar-refractivity contribution in [1.82, 2.24) is 4.98 Å². The molecule has 1 aliphatic rings. The van der Waals surface area contributed by atoms with E-state index in [0.717, 1.165) is 35.4 Å². The number of ether oxygens (including phenoxy) is 1. The van der Waals surface area contributed by atoms with E-state index in [-0.39, 0.29) is 5.91 Å². The molecule has 0 saturated heterocycles. The Morgan fingerprint density at radius 2 is 1.96 bits per heavy atom. The van der Waals surface area contributed by atoms with Gasteiger partial charge in [0.15, 0.2) is 5.13 Å². The topological polar surface area (TPSA) is 51.2 Å². The second-order valence-corrected chi connectivity index (χ2v) is 7.85. The quantitative estimate of drug-likeness (QED) is 0.585. The highest BCUT2D eigenvalue weighted by atomic mass is 32.1. The van der Waals surface area contributed by atoms with Crippen LogP contribution in [0.4, 0.5) is 5.13 Å². The molecular formula is C23H22N2O2S. The number of carbonyl (C=O) groups is 1. The van der Waals surface area contributed by atoms with Gasteiger partial charge in [0, 0.05) is 11.0 Å². The van der Waals surface area contributed by atoms with Crippen LogP contribution < -0.4 is 10.1 Å². The van der Waals surface area contributed by atoms with Gasteiger partial charge in [-0.1, -0.05) is 42.5 Å². The third-order valence-electron chi connectivity index (χ3n) is 4.61. The smallest absolute Gasteiger partial charge is 0.250 e. The van der Waals surface area contributed by atoms with Gasteiger partial charge in [0.25, 0.3) is 0 Å². The molecule has 4 nitrogen and oxygen atoms in total. The van der Waals surface area contributed by atoms with Crippen LogP contribution in [0.1, 0.15) is 34.5 Å². The maximum absolute atomic E-state index is 12.2. The third-order valence-corrected chi connectivity index (χ3v) is 5.68. The van der Waals surface area contributed by atoms with E-state index < -0.39 is 0 Å². The summed E-state index contributed by atoms with van der Waals surface area (Å²) in [7, 11) is 0. The number of anilines is 1. The van der Waals surface area contributed by atoms with E-state index in [1.54, 1.807) is 17.4 Å². The minimum atomic E-state index is -0.165. The van der Waals surface area contributed by atoms with Crippen LogP contribution in [0.25, 0.3) is 6.08 Å². The summed E-state index contributed by atoms with van der Waals surface area (Å²) in [5.41, 5.74) is 3.19. The first-order valence-electron chi connectivity index (χ1n) is 9.51. The summed E-state index contributed by atoms with van der Waals surface area (Å²) in [6.45, 7) is 0.517. The lowest BCUT2D eigenvalue weighted by Crippen LogP contribution is -2.07. The highest BCUT2D eigenvalue weighted by molar-refractivity contribution is 7.15. The number of rotatable bonds is 6. The Morgan fingerprint density at radius 3 is 2.82 bits per heavy atom. The summed E-state index contributed by atoms with van der Waals surface area (Å²) in [5, 5.41) is 3.58. The predicted octanol–water partition coefficient (Wildman–Crippen LogP) is 5.25. The fourth-order valence-corrected chi connectivity index (χ4v) is 4.23. The van der Waals surface area contributed by atoms with Crippen molar-refractivity contribution < 1.29 is 9.53 Å². The van der Waals surface area contributed by atoms with Crippen LogP contribution in [0.15, 0.2) is 60.7 Å². The standard InChI is InChI=1S/C23H22N2O2S/c26-22(25-23-24-20-11-4-5-12-21(20)28-23)14-13-17-9-6-10-19(15-17)27-16-18-7-2-1-3-8-18/h1-3,6-10,13-15H,4-5,11-12,16H2,(H,24,25,26)/b14-13+. The highest BCUT2D eigenvalue weighted by Crippen LogP contribution is 2.29. The van der Waals surface area contributed by atoms with E-state index in [1.165, 1.54) is 23.8 Å². The molecule has 0 bridgehead atoms. The zero-order valence-corrected chi connectivity index (χ0v) is 16.4. The van der Waals surface area contributed by atoms with Crippen molar-refractivity contribution in [2.45, 2.75) is 32.3 Å². The van der Waals surface area contributed by atoms with Crippen LogP contribution in [-0.4, -0.2) is 10.9 Å². The number of aryl methyl sites for hydroxylation is 2.